The Hall–Kier alpha value is -0.163. The van der Waals surface area contributed by atoms with E-state index in [1.165, 1.54) is 0 Å². The maximum absolute atomic E-state index is 10.2. The third-order valence-corrected chi connectivity index (χ3v) is 9.01. The Morgan fingerprint density at radius 3 is 2.05 bits per heavy atom. The van der Waals surface area contributed by atoms with Gasteiger partial charge < -0.3 is 14.6 Å². The van der Waals surface area contributed by atoms with Crippen LogP contribution in [-0.4, -0.2) is 37.3 Å². The maximum atomic E-state index is 10.2. The lowest BCUT2D eigenvalue weighted by Crippen LogP contribution is -2.49. The molecule has 0 spiro atoms. The largest absolute Gasteiger partial charge is 0.413 e. The summed E-state index contributed by atoms with van der Waals surface area (Å²) in [5, 5.41) is 19.8. The molecule has 120 valence electrons. The lowest BCUT2D eigenvalue weighted by Gasteiger charge is -2.43. The van der Waals surface area contributed by atoms with Crippen LogP contribution in [0.1, 0.15) is 41.5 Å². The van der Waals surface area contributed by atoms with Crippen molar-refractivity contribution in [1.29, 1.82) is 0 Å². The highest BCUT2D eigenvalue weighted by atomic mass is 28.4. The molecule has 0 aliphatic carbocycles. The molecule has 0 saturated carbocycles. The van der Waals surface area contributed by atoms with Gasteiger partial charge in [-0.05, 0) is 25.1 Å². The molecule has 2 N–H and O–H groups in total. The average molecular weight is 303 g/mol. The monoisotopic (exact) mass is 302 g/mol. The average Bonchev–Trinajstić information content (AvgIpc) is 2.33. The summed E-state index contributed by atoms with van der Waals surface area (Å²) in [6.45, 7) is 17.0. The van der Waals surface area contributed by atoms with Crippen molar-refractivity contribution in [3.63, 3.8) is 0 Å². The second-order valence-corrected chi connectivity index (χ2v) is 12.1. The van der Waals surface area contributed by atoms with Gasteiger partial charge in [-0.15, -0.1) is 0 Å². The zero-order valence-electron chi connectivity index (χ0n) is 14.5. The van der Waals surface area contributed by atoms with Crippen molar-refractivity contribution in [3.8, 4) is 0 Å². The van der Waals surface area contributed by atoms with Gasteiger partial charge in [-0.1, -0.05) is 46.8 Å². The molecule has 0 aromatic heterocycles. The van der Waals surface area contributed by atoms with Crippen LogP contribution < -0.4 is 0 Å². The number of hydrogen-bond donors (Lipinski definition) is 2. The van der Waals surface area contributed by atoms with Crippen molar-refractivity contribution >= 4 is 8.32 Å². The van der Waals surface area contributed by atoms with E-state index in [2.05, 4.69) is 33.9 Å². The Morgan fingerprint density at radius 1 is 1.20 bits per heavy atom. The molecule has 0 saturated heterocycles. The molecule has 0 bridgehead atoms. The standard InChI is InChI=1S/C16H34O3Si/c1-9-10-14(18)13(3)15(12(2)11-17)19-20(7,8)16(4,5)6/h9-10,12-15,17-18H,11H2,1-8H3/b10-9+/t12-,13+,14-,15+/m1/s1. The molecule has 4 heteroatoms. The van der Waals surface area contributed by atoms with Crippen LogP contribution >= 0.6 is 0 Å². The minimum absolute atomic E-state index is 0.0130. The summed E-state index contributed by atoms with van der Waals surface area (Å²) < 4.78 is 6.47. The van der Waals surface area contributed by atoms with Crippen LogP contribution in [0.25, 0.3) is 0 Å². The van der Waals surface area contributed by atoms with Crippen molar-refractivity contribution in [2.24, 2.45) is 11.8 Å². The fraction of sp³-hybridized carbons (Fsp3) is 0.875. The number of allylic oxidation sites excluding steroid dienone is 1. The molecule has 0 heterocycles. The summed E-state index contributed by atoms with van der Waals surface area (Å²) in [5.74, 6) is -0.0264. The molecule has 0 amide bonds. The van der Waals surface area contributed by atoms with Gasteiger partial charge in [0, 0.05) is 18.4 Å². The van der Waals surface area contributed by atoms with Gasteiger partial charge in [-0.3, -0.25) is 0 Å². The molecule has 0 aliphatic rings. The molecule has 0 rings (SSSR count). The highest BCUT2D eigenvalue weighted by molar-refractivity contribution is 6.74. The van der Waals surface area contributed by atoms with E-state index < -0.39 is 14.4 Å². The lowest BCUT2D eigenvalue weighted by molar-refractivity contribution is 0.00378. The van der Waals surface area contributed by atoms with E-state index >= 15 is 0 Å². The summed E-state index contributed by atoms with van der Waals surface area (Å²) in [6.07, 6.45) is 2.97. The molecule has 0 radical (unpaired) electrons. The fourth-order valence-electron chi connectivity index (χ4n) is 1.93. The van der Waals surface area contributed by atoms with Gasteiger partial charge >= 0.3 is 0 Å². The van der Waals surface area contributed by atoms with Gasteiger partial charge in [-0.2, -0.15) is 0 Å². The number of rotatable bonds is 7. The first-order valence-corrected chi connectivity index (χ1v) is 10.5. The highest BCUT2D eigenvalue weighted by Gasteiger charge is 2.42. The molecular formula is C16H34O3Si. The predicted molar refractivity (Wildman–Crippen MR) is 88.3 cm³/mol. The molecule has 3 nitrogen and oxygen atoms in total. The van der Waals surface area contributed by atoms with Crippen molar-refractivity contribution in [2.75, 3.05) is 6.61 Å². The van der Waals surface area contributed by atoms with Crippen molar-refractivity contribution in [1.82, 2.24) is 0 Å². The Balaban J connectivity index is 5.18. The molecule has 0 aromatic rings. The van der Waals surface area contributed by atoms with Gasteiger partial charge in [0.15, 0.2) is 8.32 Å². The topological polar surface area (TPSA) is 49.7 Å². The molecular weight excluding hydrogens is 268 g/mol. The highest BCUT2D eigenvalue weighted by Crippen LogP contribution is 2.39. The van der Waals surface area contributed by atoms with E-state index in [0.717, 1.165) is 0 Å². The van der Waals surface area contributed by atoms with Crippen molar-refractivity contribution < 1.29 is 14.6 Å². The lowest BCUT2D eigenvalue weighted by atomic mass is 9.89. The Labute approximate surface area is 126 Å². The van der Waals surface area contributed by atoms with Crippen LogP contribution in [-0.2, 0) is 4.43 Å². The van der Waals surface area contributed by atoms with Crippen molar-refractivity contribution in [3.05, 3.63) is 12.2 Å². The molecule has 0 unspecified atom stereocenters. The van der Waals surface area contributed by atoms with Crippen LogP contribution in [0, 0.1) is 11.8 Å². The minimum Gasteiger partial charge on any atom is -0.413 e. The third kappa shape index (κ3) is 5.32. The summed E-state index contributed by atoms with van der Waals surface area (Å²) in [6, 6.07) is 0. The first kappa shape index (κ1) is 19.8. The summed E-state index contributed by atoms with van der Waals surface area (Å²) in [4.78, 5) is 0. The van der Waals surface area contributed by atoms with Crippen LogP contribution in [0.3, 0.4) is 0 Å². The Morgan fingerprint density at radius 2 is 1.70 bits per heavy atom. The first-order chi connectivity index (χ1) is 8.97. The van der Waals surface area contributed by atoms with E-state index in [-0.39, 0.29) is 29.6 Å². The van der Waals surface area contributed by atoms with E-state index in [4.69, 9.17) is 4.43 Å². The summed E-state index contributed by atoms with van der Waals surface area (Å²) >= 11 is 0. The SMILES string of the molecule is C/C=C/[C@@H](O)[C@H](C)[C@@H](O[Si](C)(C)C(C)(C)C)[C@H](C)CO. The van der Waals surface area contributed by atoms with E-state index in [0.29, 0.717) is 0 Å². The van der Waals surface area contributed by atoms with Gasteiger partial charge in [0.25, 0.3) is 0 Å². The van der Waals surface area contributed by atoms with Gasteiger partial charge in [0.2, 0.25) is 0 Å². The fourth-order valence-corrected chi connectivity index (χ4v) is 3.41. The van der Waals surface area contributed by atoms with Crippen molar-refractivity contribution in [2.45, 2.75) is 71.9 Å². The van der Waals surface area contributed by atoms with E-state index in [1.807, 2.05) is 26.8 Å². The van der Waals surface area contributed by atoms with Gasteiger partial charge in [0.1, 0.15) is 0 Å². The predicted octanol–water partition coefficient (Wildman–Crippen LogP) is 3.58. The first-order valence-electron chi connectivity index (χ1n) is 7.57. The molecule has 0 aromatic carbocycles. The van der Waals surface area contributed by atoms with Crippen LogP contribution in [0.2, 0.25) is 18.1 Å². The van der Waals surface area contributed by atoms with Crippen LogP contribution in [0.15, 0.2) is 12.2 Å². The number of hydrogen-bond acceptors (Lipinski definition) is 3. The van der Waals surface area contributed by atoms with Gasteiger partial charge in [-0.25, -0.2) is 0 Å². The molecule has 0 fully saturated rings. The Bertz CT molecular complexity index is 307. The van der Waals surface area contributed by atoms with E-state index in [1.54, 1.807) is 6.08 Å². The number of aliphatic hydroxyl groups is 2. The van der Waals surface area contributed by atoms with Crippen LogP contribution in [0.5, 0.6) is 0 Å². The minimum atomic E-state index is -1.92. The maximum Gasteiger partial charge on any atom is 0.192 e. The second-order valence-electron chi connectivity index (χ2n) is 7.38. The second kappa shape index (κ2) is 7.73. The normalized spacial score (nSPS) is 19.9. The number of aliphatic hydroxyl groups excluding tert-OH is 2. The van der Waals surface area contributed by atoms with Gasteiger partial charge in [0.05, 0.1) is 12.2 Å². The molecule has 0 aliphatic heterocycles. The quantitative estimate of drug-likeness (QED) is 0.558. The Kier molecular flexibility index (Phi) is 7.67. The zero-order valence-corrected chi connectivity index (χ0v) is 15.5. The van der Waals surface area contributed by atoms with Crippen LogP contribution in [0.4, 0.5) is 0 Å². The molecule has 20 heavy (non-hydrogen) atoms. The smallest absolute Gasteiger partial charge is 0.192 e. The summed E-state index contributed by atoms with van der Waals surface area (Å²) in [5.41, 5.74) is 0. The summed E-state index contributed by atoms with van der Waals surface area (Å²) in [7, 11) is -1.92. The third-order valence-electron chi connectivity index (χ3n) is 4.53. The molecule has 4 atom stereocenters. The van der Waals surface area contributed by atoms with E-state index in [9.17, 15) is 10.2 Å². The zero-order chi connectivity index (χ0) is 16.1.